The number of rotatable bonds is 2. The molecule has 12 heavy (non-hydrogen) atoms. The highest BCUT2D eigenvalue weighted by atomic mass is 14.2. The minimum absolute atomic E-state index is 0.818. The maximum absolute atomic E-state index is 3.65. The average Bonchev–Trinajstić information content (AvgIpc) is 2.02. The smallest absolute Gasteiger partial charge is 0.0162 e. The molecule has 1 aliphatic carbocycles. The summed E-state index contributed by atoms with van der Waals surface area (Å²) in [5.74, 6) is 0.818. The van der Waals surface area contributed by atoms with Gasteiger partial charge < -0.3 is 0 Å². The van der Waals surface area contributed by atoms with Crippen molar-refractivity contribution in [3.63, 3.8) is 0 Å². The van der Waals surface area contributed by atoms with Crippen LogP contribution in [0.1, 0.15) is 36.3 Å². The Morgan fingerprint density at radius 1 is 1.33 bits per heavy atom. The van der Waals surface area contributed by atoms with Crippen molar-refractivity contribution >= 4 is 0 Å². The van der Waals surface area contributed by atoms with Gasteiger partial charge in [0.05, 0.1) is 0 Å². The van der Waals surface area contributed by atoms with Gasteiger partial charge in [0, 0.05) is 0 Å². The topological polar surface area (TPSA) is 0 Å². The summed E-state index contributed by atoms with van der Waals surface area (Å²) in [5.41, 5.74) is 2.59. The van der Waals surface area contributed by atoms with Crippen molar-refractivity contribution in [2.75, 3.05) is 0 Å². The fourth-order valence-electron chi connectivity index (χ4n) is 1.64. The molecule has 1 radical (unpaired) electrons. The second-order valence-electron chi connectivity index (χ2n) is 3.43. The SMILES string of the molecule is C=[C]c1cccc(C2CCC2)c1. The summed E-state index contributed by atoms with van der Waals surface area (Å²) in [6.45, 7) is 3.65. The van der Waals surface area contributed by atoms with Crippen molar-refractivity contribution in [2.24, 2.45) is 0 Å². The zero-order valence-electron chi connectivity index (χ0n) is 7.22. The Kier molecular flexibility index (Phi) is 1.99. The summed E-state index contributed by atoms with van der Waals surface area (Å²) in [6, 6.07) is 8.57. The Hall–Kier alpha value is -1.04. The molecule has 0 unspecified atom stereocenters. The first-order valence-corrected chi connectivity index (χ1v) is 4.53. The highest BCUT2D eigenvalue weighted by Gasteiger charge is 2.18. The van der Waals surface area contributed by atoms with E-state index in [0.717, 1.165) is 11.5 Å². The van der Waals surface area contributed by atoms with Crippen LogP contribution in [0.3, 0.4) is 0 Å². The van der Waals surface area contributed by atoms with E-state index in [1.807, 2.05) is 0 Å². The van der Waals surface area contributed by atoms with Gasteiger partial charge in [-0.15, -0.1) is 0 Å². The third-order valence-electron chi connectivity index (χ3n) is 2.67. The van der Waals surface area contributed by atoms with Gasteiger partial charge in [0.25, 0.3) is 0 Å². The molecule has 61 valence electrons. The zero-order valence-corrected chi connectivity index (χ0v) is 7.22. The molecule has 0 heteroatoms. The van der Waals surface area contributed by atoms with Crippen LogP contribution in [0.25, 0.3) is 0 Å². The van der Waals surface area contributed by atoms with Gasteiger partial charge in [-0.3, -0.25) is 0 Å². The molecule has 0 heterocycles. The lowest BCUT2D eigenvalue weighted by molar-refractivity contribution is 0.419. The van der Waals surface area contributed by atoms with Gasteiger partial charge in [-0.2, -0.15) is 0 Å². The van der Waals surface area contributed by atoms with Gasteiger partial charge in [-0.05, 0) is 36.0 Å². The van der Waals surface area contributed by atoms with Crippen molar-refractivity contribution in [3.8, 4) is 0 Å². The van der Waals surface area contributed by atoms with E-state index in [0.29, 0.717) is 0 Å². The van der Waals surface area contributed by atoms with Gasteiger partial charge in [-0.25, -0.2) is 0 Å². The van der Waals surface area contributed by atoms with Crippen LogP contribution in [0, 0.1) is 6.08 Å². The first kappa shape index (κ1) is 7.60. The predicted molar refractivity (Wildman–Crippen MR) is 51.0 cm³/mol. The molecule has 1 fully saturated rings. The lowest BCUT2D eigenvalue weighted by Crippen LogP contribution is -2.08. The first-order chi connectivity index (χ1) is 5.90. The van der Waals surface area contributed by atoms with Crippen molar-refractivity contribution in [2.45, 2.75) is 25.2 Å². The van der Waals surface area contributed by atoms with E-state index < -0.39 is 0 Å². The highest BCUT2D eigenvalue weighted by Crippen LogP contribution is 2.36. The molecule has 1 aliphatic rings. The Labute approximate surface area is 73.9 Å². The molecule has 0 aromatic heterocycles. The van der Waals surface area contributed by atoms with E-state index in [1.54, 1.807) is 0 Å². The van der Waals surface area contributed by atoms with Crippen molar-refractivity contribution in [1.82, 2.24) is 0 Å². The Bertz CT molecular complexity index is 282. The zero-order chi connectivity index (χ0) is 8.39. The molecule has 1 aromatic carbocycles. The molecule has 0 aliphatic heterocycles. The van der Waals surface area contributed by atoms with Crippen molar-refractivity contribution < 1.29 is 0 Å². The molecule has 0 spiro atoms. The summed E-state index contributed by atoms with van der Waals surface area (Å²) >= 11 is 0. The lowest BCUT2D eigenvalue weighted by Gasteiger charge is -2.25. The molecule has 0 nitrogen and oxygen atoms in total. The molecule has 0 atom stereocenters. The van der Waals surface area contributed by atoms with Crippen LogP contribution in [-0.4, -0.2) is 0 Å². The van der Waals surface area contributed by atoms with Crippen LogP contribution in [0.4, 0.5) is 0 Å². The minimum atomic E-state index is 0.818. The monoisotopic (exact) mass is 157 g/mol. The second-order valence-corrected chi connectivity index (χ2v) is 3.43. The van der Waals surface area contributed by atoms with E-state index in [9.17, 15) is 0 Å². The van der Waals surface area contributed by atoms with E-state index in [4.69, 9.17) is 0 Å². The molecule has 0 N–H and O–H groups in total. The summed E-state index contributed by atoms with van der Waals surface area (Å²) < 4.78 is 0. The quantitative estimate of drug-likeness (QED) is 0.618. The maximum atomic E-state index is 3.65. The fraction of sp³-hybridized carbons (Fsp3) is 0.333. The summed E-state index contributed by atoms with van der Waals surface area (Å²) in [6.07, 6.45) is 7.04. The average molecular weight is 157 g/mol. The van der Waals surface area contributed by atoms with E-state index in [-0.39, 0.29) is 0 Å². The van der Waals surface area contributed by atoms with E-state index in [2.05, 4.69) is 36.9 Å². The molecule has 2 rings (SSSR count). The first-order valence-electron chi connectivity index (χ1n) is 4.53. The maximum Gasteiger partial charge on any atom is -0.0162 e. The molecular weight excluding hydrogens is 144 g/mol. The summed E-state index contributed by atoms with van der Waals surface area (Å²) in [4.78, 5) is 0. The molecule has 1 saturated carbocycles. The molecular formula is C12H13. The van der Waals surface area contributed by atoms with Crippen LogP contribution in [0.15, 0.2) is 30.8 Å². The van der Waals surface area contributed by atoms with Gasteiger partial charge in [0.2, 0.25) is 0 Å². The largest absolute Gasteiger partial charge is 0.0906 e. The highest BCUT2D eigenvalue weighted by molar-refractivity contribution is 5.30. The lowest BCUT2D eigenvalue weighted by atomic mass is 9.80. The van der Waals surface area contributed by atoms with Gasteiger partial charge in [-0.1, -0.05) is 37.3 Å². The summed E-state index contributed by atoms with van der Waals surface area (Å²) in [5, 5.41) is 0. The van der Waals surface area contributed by atoms with Crippen molar-refractivity contribution in [3.05, 3.63) is 48.0 Å². The predicted octanol–water partition coefficient (Wildman–Crippen LogP) is 3.29. The number of benzene rings is 1. The standard InChI is InChI=1S/C12H13/c1-2-10-5-3-8-12(9-10)11-6-4-7-11/h3,5,8-9,11H,1,4,6-7H2. The molecule has 0 amide bonds. The van der Waals surface area contributed by atoms with Crippen LogP contribution >= 0.6 is 0 Å². The molecule has 1 aromatic rings. The fourth-order valence-corrected chi connectivity index (χ4v) is 1.64. The van der Waals surface area contributed by atoms with E-state index >= 15 is 0 Å². The van der Waals surface area contributed by atoms with Crippen molar-refractivity contribution in [1.29, 1.82) is 0 Å². The Morgan fingerprint density at radius 3 is 2.75 bits per heavy atom. The van der Waals surface area contributed by atoms with Crippen LogP contribution < -0.4 is 0 Å². The van der Waals surface area contributed by atoms with Crippen LogP contribution in [0.5, 0.6) is 0 Å². The Morgan fingerprint density at radius 2 is 2.17 bits per heavy atom. The summed E-state index contributed by atoms with van der Waals surface area (Å²) in [7, 11) is 0. The third-order valence-corrected chi connectivity index (χ3v) is 2.67. The molecule has 0 saturated heterocycles. The normalized spacial score (nSPS) is 17.0. The van der Waals surface area contributed by atoms with Crippen LogP contribution in [-0.2, 0) is 0 Å². The number of hydrogen-bond acceptors (Lipinski definition) is 0. The third kappa shape index (κ3) is 1.29. The molecule has 0 bridgehead atoms. The number of hydrogen-bond donors (Lipinski definition) is 0. The second kappa shape index (κ2) is 3.14. The Balaban J connectivity index is 2.25. The van der Waals surface area contributed by atoms with Crippen LogP contribution in [0.2, 0.25) is 0 Å². The minimum Gasteiger partial charge on any atom is -0.0906 e. The van der Waals surface area contributed by atoms with Gasteiger partial charge in [0.15, 0.2) is 0 Å². The van der Waals surface area contributed by atoms with E-state index in [1.165, 1.54) is 24.8 Å². The van der Waals surface area contributed by atoms with Gasteiger partial charge in [0.1, 0.15) is 0 Å². The van der Waals surface area contributed by atoms with Gasteiger partial charge >= 0.3 is 0 Å².